The van der Waals surface area contributed by atoms with E-state index in [1.54, 1.807) is 5.57 Å². The molecule has 5 nitrogen and oxygen atoms in total. The van der Waals surface area contributed by atoms with Gasteiger partial charge in [0.2, 0.25) is 0 Å². The summed E-state index contributed by atoms with van der Waals surface area (Å²) in [6, 6.07) is 0. The van der Waals surface area contributed by atoms with E-state index >= 15 is 0 Å². The molecule has 0 aromatic heterocycles. The predicted molar refractivity (Wildman–Crippen MR) is 168 cm³/mol. The number of unbranched alkanes of at least 4 members (excludes halogenated alkanes) is 1. The highest BCUT2D eigenvalue weighted by molar-refractivity contribution is 5.68. The third-order valence-electron chi connectivity index (χ3n) is 11.9. The lowest BCUT2D eigenvalue weighted by atomic mass is 9.47. The molecule has 4 aliphatic carbocycles. The van der Waals surface area contributed by atoms with E-state index in [1.807, 2.05) is 6.21 Å². The Kier molecular flexibility index (Phi) is 11.2. The molecule has 228 valence electrons. The van der Waals surface area contributed by atoms with Crippen molar-refractivity contribution in [3.63, 3.8) is 0 Å². The maximum absolute atomic E-state index is 12.5. The highest BCUT2D eigenvalue weighted by Crippen LogP contribution is 2.67. The van der Waals surface area contributed by atoms with Gasteiger partial charge in [-0.2, -0.15) is 0 Å². The number of ether oxygens (including phenoxy) is 1. The molecule has 3 fully saturated rings. The Balaban J connectivity index is 1.28. The summed E-state index contributed by atoms with van der Waals surface area (Å²) >= 11 is 0. The monoisotopic (exact) mass is 555 g/mol. The fourth-order valence-electron chi connectivity index (χ4n) is 9.71. The summed E-state index contributed by atoms with van der Waals surface area (Å²) in [5.41, 5.74) is 7.93. The van der Waals surface area contributed by atoms with Crippen LogP contribution in [0.1, 0.15) is 125 Å². The Morgan fingerprint density at radius 2 is 1.93 bits per heavy atom. The Hall–Kier alpha value is -1.36. The van der Waals surface area contributed by atoms with Gasteiger partial charge in [-0.25, -0.2) is 4.79 Å². The molecule has 8 atom stereocenters. The first-order valence-electron chi connectivity index (χ1n) is 17.0. The van der Waals surface area contributed by atoms with Crippen molar-refractivity contribution in [3.8, 4) is 0 Å². The molecule has 0 aliphatic heterocycles. The summed E-state index contributed by atoms with van der Waals surface area (Å²) in [7, 11) is 0. The van der Waals surface area contributed by atoms with Crippen LogP contribution >= 0.6 is 0 Å². The molecule has 4 rings (SSSR count). The molecule has 0 bridgehead atoms. The van der Waals surface area contributed by atoms with Crippen LogP contribution in [0.4, 0.5) is 4.79 Å². The van der Waals surface area contributed by atoms with Gasteiger partial charge in [-0.1, -0.05) is 65.5 Å². The molecule has 40 heavy (non-hydrogen) atoms. The van der Waals surface area contributed by atoms with Crippen molar-refractivity contribution < 1.29 is 9.53 Å². The SMILES string of the molecule is CC(C)CCCC(C)C1CCC2C3CC=C4C[C@@H](OC(=O)NCCC=NCCCCN)CCC4(C)C3CCC12C. The van der Waals surface area contributed by atoms with Crippen molar-refractivity contribution in [2.45, 2.75) is 131 Å². The van der Waals surface area contributed by atoms with Crippen LogP contribution < -0.4 is 11.1 Å². The second kappa shape index (κ2) is 14.2. The molecular formula is C35H61N3O2. The molecule has 1 amide bonds. The van der Waals surface area contributed by atoms with E-state index in [1.165, 1.54) is 51.4 Å². The maximum Gasteiger partial charge on any atom is 0.407 e. The topological polar surface area (TPSA) is 76.7 Å². The van der Waals surface area contributed by atoms with Crippen LogP contribution in [0.5, 0.6) is 0 Å². The number of nitrogens with zero attached hydrogens (tertiary/aromatic N) is 1. The van der Waals surface area contributed by atoms with Gasteiger partial charge in [0.05, 0.1) is 0 Å². The van der Waals surface area contributed by atoms with Crippen LogP contribution in [0.2, 0.25) is 0 Å². The van der Waals surface area contributed by atoms with Gasteiger partial charge in [-0.05, 0) is 117 Å². The molecule has 0 aromatic rings. The van der Waals surface area contributed by atoms with Gasteiger partial charge in [-0.15, -0.1) is 0 Å². The molecule has 0 aromatic carbocycles. The quantitative estimate of drug-likeness (QED) is 0.136. The summed E-state index contributed by atoms with van der Waals surface area (Å²) in [6.07, 6.45) is 21.2. The van der Waals surface area contributed by atoms with Crippen molar-refractivity contribution in [1.82, 2.24) is 5.32 Å². The third kappa shape index (κ3) is 7.16. The highest BCUT2D eigenvalue weighted by atomic mass is 16.6. The van der Waals surface area contributed by atoms with Gasteiger partial charge in [0.25, 0.3) is 0 Å². The van der Waals surface area contributed by atoms with Gasteiger partial charge in [0.1, 0.15) is 6.10 Å². The van der Waals surface area contributed by atoms with Crippen LogP contribution in [-0.4, -0.2) is 38.0 Å². The molecule has 7 unspecified atom stereocenters. The second-order valence-corrected chi connectivity index (χ2v) is 14.9. The van der Waals surface area contributed by atoms with E-state index in [-0.39, 0.29) is 12.2 Å². The molecule has 3 N–H and O–H groups in total. The van der Waals surface area contributed by atoms with Crippen LogP contribution in [0, 0.1) is 46.3 Å². The smallest absolute Gasteiger partial charge is 0.407 e. The number of alkyl carbamates (subject to hydrolysis) is 1. The summed E-state index contributed by atoms with van der Waals surface area (Å²) in [6.45, 7) is 14.7. The van der Waals surface area contributed by atoms with Gasteiger partial charge in [0, 0.05) is 25.7 Å². The molecule has 0 saturated heterocycles. The first-order chi connectivity index (χ1) is 19.2. The first-order valence-corrected chi connectivity index (χ1v) is 17.0. The van der Waals surface area contributed by atoms with E-state index in [0.717, 1.165) is 87.1 Å². The predicted octanol–water partition coefficient (Wildman–Crippen LogP) is 8.32. The molecule has 4 aliphatic rings. The fourth-order valence-corrected chi connectivity index (χ4v) is 9.71. The number of allylic oxidation sites excluding steroid dienone is 1. The second-order valence-electron chi connectivity index (χ2n) is 14.9. The average Bonchev–Trinajstić information content (AvgIpc) is 3.27. The summed E-state index contributed by atoms with van der Waals surface area (Å²) < 4.78 is 5.90. The number of carbonyl (C=O) groups excluding carboxylic acids is 1. The lowest BCUT2D eigenvalue weighted by Gasteiger charge is -2.58. The standard InChI is InChI=1S/C35H61N3O2/c1-25(2)10-8-11-26(3)30-14-15-31-29-13-12-27-24-28(16-18-34(27,4)32(29)17-19-35(30,31)5)40-33(39)38-23-9-22-37-21-7-6-20-36/h12,22,25-26,28-32H,6-11,13-21,23-24,36H2,1-5H3,(H,38,39)/t26?,28-,29?,30?,31?,32?,34?,35?/m0/s1. The third-order valence-corrected chi connectivity index (χ3v) is 11.9. The van der Waals surface area contributed by atoms with Crippen molar-refractivity contribution in [1.29, 1.82) is 0 Å². The number of amides is 1. The number of rotatable bonds is 13. The number of nitrogens with two attached hydrogens (primary N) is 1. The van der Waals surface area contributed by atoms with Crippen molar-refractivity contribution in [2.75, 3.05) is 19.6 Å². The van der Waals surface area contributed by atoms with Gasteiger partial charge >= 0.3 is 6.09 Å². The number of aliphatic imine (C=N–C) groups is 1. The zero-order valence-corrected chi connectivity index (χ0v) is 26.6. The van der Waals surface area contributed by atoms with Crippen LogP contribution in [0.15, 0.2) is 16.6 Å². The minimum atomic E-state index is -0.271. The highest BCUT2D eigenvalue weighted by Gasteiger charge is 2.59. The summed E-state index contributed by atoms with van der Waals surface area (Å²) in [5.74, 6) is 5.15. The van der Waals surface area contributed by atoms with Crippen molar-refractivity contribution >= 4 is 12.3 Å². The number of hydrogen-bond donors (Lipinski definition) is 2. The molecule has 0 heterocycles. The van der Waals surface area contributed by atoms with Crippen LogP contribution in [0.3, 0.4) is 0 Å². The first kappa shape index (κ1) is 31.6. The number of nitrogens with one attached hydrogen (secondary N) is 1. The van der Waals surface area contributed by atoms with Gasteiger partial charge in [0.15, 0.2) is 0 Å². The Bertz CT molecular complexity index is 884. The molecule has 0 spiro atoms. The molecular weight excluding hydrogens is 494 g/mol. The number of hydrogen-bond acceptors (Lipinski definition) is 4. The minimum Gasteiger partial charge on any atom is -0.446 e. The van der Waals surface area contributed by atoms with E-state index in [4.69, 9.17) is 10.5 Å². The van der Waals surface area contributed by atoms with E-state index in [2.05, 4.69) is 51.0 Å². The minimum absolute atomic E-state index is 0.0113. The zero-order chi connectivity index (χ0) is 28.8. The summed E-state index contributed by atoms with van der Waals surface area (Å²) in [5, 5.41) is 2.93. The van der Waals surface area contributed by atoms with Crippen molar-refractivity contribution in [3.05, 3.63) is 11.6 Å². The Labute approximate surface area is 245 Å². The Morgan fingerprint density at radius 3 is 2.70 bits per heavy atom. The Morgan fingerprint density at radius 1 is 1.10 bits per heavy atom. The van der Waals surface area contributed by atoms with E-state index in [0.29, 0.717) is 17.4 Å². The lowest BCUT2D eigenvalue weighted by Crippen LogP contribution is -2.51. The number of carbonyl (C=O) groups is 1. The average molecular weight is 556 g/mol. The molecule has 3 saturated carbocycles. The van der Waals surface area contributed by atoms with Crippen LogP contribution in [0.25, 0.3) is 0 Å². The molecule has 5 heteroatoms. The van der Waals surface area contributed by atoms with E-state index < -0.39 is 0 Å². The molecule has 0 radical (unpaired) electrons. The zero-order valence-electron chi connectivity index (χ0n) is 26.6. The van der Waals surface area contributed by atoms with Gasteiger partial charge in [-0.3, -0.25) is 4.99 Å². The van der Waals surface area contributed by atoms with Gasteiger partial charge < -0.3 is 15.8 Å². The van der Waals surface area contributed by atoms with Crippen LogP contribution in [-0.2, 0) is 4.74 Å². The maximum atomic E-state index is 12.5. The van der Waals surface area contributed by atoms with Crippen molar-refractivity contribution in [2.24, 2.45) is 57.1 Å². The lowest BCUT2D eigenvalue weighted by molar-refractivity contribution is -0.0581. The summed E-state index contributed by atoms with van der Waals surface area (Å²) in [4.78, 5) is 16.9. The normalized spacial score (nSPS) is 36.1. The largest absolute Gasteiger partial charge is 0.446 e. The fraction of sp³-hybridized carbons (Fsp3) is 0.886. The van der Waals surface area contributed by atoms with E-state index in [9.17, 15) is 4.79 Å². The number of fused-ring (bicyclic) bond motifs is 5.